The van der Waals surface area contributed by atoms with Gasteiger partial charge in [-0.2, -0.15) is 11.8 Å². The lowest BCUT2D eigenvalue weighted by Gasteiger charge is -2.29. The standard InChI is InChI=1S/C40H69N13O18S/c1-17(2)30(53-34(65)23(14-26(41)57)50-35(66)24(15-54)51-36(67)25(16-55)52-37(68)29(42)18(3)56)38(69)48-21(11-13-72-4)33(64)47-19(7-9-27(58)59)31(62)46-20(8-10-28(60)61)32(63)49-22(39(70)71)6-5-12-45-40(43)44/h17-25,29-30,54-56H,5-16,42H2,1-4H3,(H2,41,57)(H,46,62)(H,47,64)(H,48,69)(H,49,63)(H,50,66)(H,51,67)(H,52,68)(H,53,65)(H,58,59)(H,60,61)(H,70,71)(H4,43,44,45)/t18-,19+,20+,21+,22+,23+,24+,25+,29+,30+/m1/s1. The number of hydrogen-bond donors (Lipinski definition) is 18. The molecule has 32 heteroatoms. The molecule has 0 saturated carbocycles. The Balaban J connectivity index is 6.50. The summed E-state index contributed by atoms with van der Waals surface area (Å²) in [5, 5.41) is 75.4. The summed E-state index contributed by atoms with van der Waals surface area (Å²) in [5.74, 6) is -15.5. The van der Waals surface area contributed by atoms with Crippen molar-refractivity contribution in [2.45, 2.75) is 133 Å². The fourth-order valence-electron chi connectivity index (χ4n) is 6.04. The van der Waals surface area contributed by atoms with Crippen LogP contribution in [0.1, 0.15) is 72.1 Å². The number of guanidine groups is 1. The zero-order chi connectivity index (χ0) is 55.4. The van der Waals surface area contributed by atoms with Gasteiger partial charge in [0.1, 0.15) is 54.4 Å². The molecule has 72 heavy (non-hydrogen) atoms. The Bertz CT molecular complexity index is 1940. The third-order valence-electron chi connectivity index (χ3n) is 10.1. The smallest absolute Gasteiger partial charge is 0.326 e. The third-order valence-corrected chi connectivity index (χ3v) is 10.7. The second-order valence-electron chi connectivity index (χ2n) is 16.4. The van der Waals surface area contributed by atoms with E-state index in [2.05, 4.69) is 42.2 Å². The number of carbonyl (C=O) groups is 12. The summed E-state index contributed by atoms with van der Waals surface area (Å²) in [7, 11) is 0. The maximum absolute atomic E-state index is 13.9. The molecule has 0 aromatic heterocycles. The molecule has 0 radical (unpaired) electrons. The predicted molar refractivity (Wildman–Crippen MR) is 252 cm³/mol. The van der Waals surface area contributed by atoms with Crippen LogP contribution in [-0.4, -0.2) is 200 Å². The lowest BCUT2D eigenvalue weighted by atomic mass is 10.0. The van der Waals surface area contributed by atoms with Gasteiger partial charge in [-0.3, -0.25) is 57.7 Å². The van der Waals surface area contributed by atoms with Crippen LogP contribution < -0.4 is 65.5 Å². The highest BCUT2D eigenvalue weighted by Gasteiger charge is 2.36. The lowest BCUT2D eigenvalue weighted by Crippen LogP contribution is -2.62. The molecule has 9 amide bonds. The molecule has 22 N–H and O–H groups in total. The van der Waals surface area contributed by atoms with Gasteiger partial charge >= 0.3 is 17.9 Å². The van der Waals surface area contributed by atoms with Gasteiger partial charge < -0.3 is 96.1 Å². The van der Waals surface area contributed by atoms with Gasteiger partial charge in [-0.05, 0) is 57.0 Å². The van der Waals surface area contributed by atoms with Gasteiger partial charge in [0.2, 0.25) is 53.2 Å². The van der Waals surface area contributed by atoms with Crippen molar-refractivity contribution in [1.82, 2.24) is 42.5 Å². The molecule has 31 nitrogen and oxygen atoms in total. The van der Waals surface area contributed by atoms with E-state index in [0.29, 0.717) is 0 Å². The van der Waals surface area contributed by atoms with Crippen molar-refractivity contribution < 1.29 is 88.2 Å². The van der Waals surface area contributed by atoms with E-state index in [4.69, 9.17) is 22.9 Å². The Morgan fingerprint density at radius 2 is 0.917 bits per heavy atom. The Morgan fingerprint density at radius 3 is 1.31 bits per heavy atom. The number of aliphatic imine (C=N–C) groups is 1. The van der Waals surface area contributed by atoms with E-state index >= 15 is 0 Å². The topological polar surface area (TPSA) is 539 Å². The Morgan fingerprint density at radius 1 is 0.528 bits per heavy atom. The van der Waals surface area contributed by atoms with Crippen molar-refractivity contribution in [3.05, 3.63) is 0 Å². The van der Waals surface area contributed by atoms with Crippen LogP contribution in [0, 0.1) is 5.92 Å². The SMILES string of the molecule is CSCC[C@H](NC(=O)[C@@H](NC(=O)[C@H](CC(N)=O)NC(=O)[C@H](CO)NC(=O)[C@H](CO)NC(=O)[C@@H](N)[C@@H](C)O)C(C)C)C(=O)N[C@@H](CCC(=O)O)C(=O)N[C@@H](CCC(=O)O)C(=O)N[C@@H](CCCN=C(N)N)C(=O)O. The van der Waals surface area contributed by atoms with Crippen LogP contribution in [0.15, 0.2) is 4.99 Å². The first-order valence-corrected chi connectivity index (χ1v) is 23.6. The highest BCUT2D eigenvalue weighted by molar-refractivity contribution is 7.98. The van der Waals surface area contributed by atoms with E-state index in [9.17, 15) is 88.2 Å². The molecule has 10 atom stereocenters. The average Bonchev–Trinajstić information content (AvgIpc) is 3.29. The number of carbonyl (C=O) groups excluding carboxylic acids is 9. The molecule has 0 aromatic carbocycles. The lowest BCUT2D eigenvalue weighted by molar-refractivity contribution is -0.143. The predicted octanol–water partition coefficient (Wildman–Crippen LogP) is -8.29. The molecule has 0 unspecified atom stereocenters. The van der Waals surface area contributed by atoms with Gasteiger partial charge in [0.25, 0.3) is 0 Å². The van der Waals surface area contributed by atoms with Crippen molar-refractivity contribution in [3.63, 3.8) is 0 Å². The minimum Gasteiger partial charge on any atom is -0.481 e. The first-order chi connectivity index (χ1) is 33.6. The number of nitrogens with zero attached hydrogens (tertiary/aromatic N) is 1. The molecule has 0 aromatic rings. The summed E-state index contributed by atoms with van der Waals surface area (Å²) >= 11 is 1.22. The summed E-state index contributed by atoms with van der Waals surface area (Å²) in [6.07, 6.45) is -3.51. The first kappa shape index (κ1) is 65.1. The minimum absolute atomic E-state index is 0.00514. The molecule has 0 aliphatic heterocycles. The molecule has 0 heterocycles. The monoisotopic (exact) mass is 1050 g/mol. The Kier molecular flexibility index (Phi) is 30.4. The van der Waals surface area contributed by atoms with Crippen LogP contribution in [0.5, 0.6) is 0 Å². The number of aliphatic hydroxyl groups is 3. The Labute approximate surface area is 416 Å². The van der Waals surface area contributed by atoms with Crippen LogP contribution >= 0.6 is 11.8 Å². The number of primary amides is 1. The number of thioether (sulfide) groups is 1. The number of nitrogens with one attached hydrogen (secondary N) is 8. The molecule has 408 valence electrons. The Hall–Kier alpha value is -6.90. The summed E-state index contributed by atoms with van der Waals surface area (Å²) in [6, 6.07) is -15.1. The first-order valence-electron chi connectivity index (χ1n) is 22.2. The summed E-state index contributed by atoms with van der Waals surface area (Å²) in [6.45, 7) is 1.93. The van der Waals surface area contributed by atoms with Crippen LogP contribution in [0.4, 0.5) is 0 Å². The van der Waals surface area contributed by atoms with E-state index < -0.39 is 183 Å². The molecular formula is C40H69N13O18S. The number of rotatable bonds is 36. The summed E-state index contributed by atoms with van der Waals surface area (Å²) < 4.78 is 0. The zero-order valence-electron chi connectivity index (χ0n) is 40.1. The molecule has 0 rings (SSSR count). The fraction of sp³-hybridized carbons (Fsp3) is 0.675. The number of hydrogen-bond acceptors (Lipinski definition) is 18. The molecule has 0 spiro atoms. The molecule has 0 bridgehead atoms. The van der Waals surface area contributed by atoms with Crippen LogP contribution in [0.2, 0.25) is 0 Å². The molecule has 0 saturated heterocycles. The molecule has 0 fully saturated rings. The van der Waals surface area contributed by atoms with Crippen molar-refractivity contribution >= 4 is 88.8 Å². The van der Waals surface area contributed by atoms with E-state index in [1.54, 1.807) is 6.26 Å². The van der Waals surface area contributed by atoms with Crippen LogP contribution in [0.3, 0.4) is 0 Å². The number of aliphatic carboxylic acids is 3. The normalized spacial score (nSPS) is 15.1. The highest BCUT2D eigenvalue weighted by atomic mass is 32.2. The van der Waals surface area contributed by atoms with Crippen LogP contribution in [0.25, 0.3) is 0 Å². The molecule has 0 aliphatic rings. The van der Waals surface area contributed by atoms with Crippen molar-refractivity contribution in [2.75, 3.05) is 31.8 Å². The zero-order valence-corrected chi connectivity index (χ0v) is 40.9. The van der Waals surface area contributed by atoms with Gasteiger partial charge in [-0.25, -0.2) is 4.79 Å². The number of carboxylic acids is 3. The largest absolute Gasteiger partial charge is 0.481 e. The maximum atomic E-state index is 13.9. The van der Waals surface area contributed by atoms with Gasteiger partial charge in [-0.15, -0.1) is 0 Å². The van der Waals surface area contributed by atoms with Crippen molar-refractivity contribution in [3.8, 4) is 0 Å². The molecular weight excluding hydrogens is 983 g/mol. The second-order valence-corrected chi connectivity index (χ2v) is 17.4. The highest BCUT2D eigenvalue weighted by Crippen LogP contribution is 2.10. The summed E-state index contributed by atoms with van der Waals surface area (Å²) in [5.41, 5.74) is 21.4. The number of carboxylic acid groups (broad SMARTS) is 3. The van der Waals surface area contributed by atoms with Crippen LogP contribution in [-0.2, 0) is 57.5 Å². The maximum Gasteiger partial charge on any atom is 0.326 e. The quantitative estimate of drug-likeness (QED) is 0.0157. The van der Waals surface area contributed by atoms with E-state index in [-0.39, 0.29) is 37.5 Å². The number of nitrogens with two attached hydrogens (primary N) is 4. The van der Waals surface area contributed by atoms with Gasteiger partial charge in [0.15, 0.2) is 5.96 Å². The van der Waals surface area contributed by atoms with E-state index in [1.807, 2.05) is 5.32 Å². The fourth-order valence-corrected chi connectivity index (χ4v) is 6.51. The third kappa shape index (κ3) is 25.3. The minimum atomic E-state index is -1.88. The van der Waals surface area contributed by atoms with Crippen molar-refractivity contribution in [1.29, 1.82) is 0 Å². The molecule has 0 aliphatic carbocycles. The van der Waals surface area contributed by atoms with Gasteiger partial charge in [0, 0.05) is 19.4 Å². The van der Waals surface area contributed by atoms with E-state index in [1.165, 1.54) is 32.5 Å². The van der Waals surface area contributed by atoms with E-state index in [0.717, 1.165) is 0 Å². The van der Waals surface area contributed by atoms with Gasteiger partial charge in [-0.1, -0.05) is 13.8 Å². The van der Waals surface area contributed by atoms with Crippen molar-refractivity contribution in [2.24, 2.45) is 33.8 Å². The summed E-state index contributed by atoms with van der Waals surface area (Å²) in [4.78, 5) is 157. The number of amides is 9. The average molecular weight is 1050 g/mol. The number of aliphatic hydroxyl groups excluding tert-OH is 3. The van der Waals surface area contributed by atoms with Gasteiger partial charge in [0.05, 0.1) is 25.7 Å². The second kappa shape index (κ2) is 33.6.